The minimum Gasteiger partial charge on any atom is -0.490 e. The quantitative estimate of drug-likeness (QED) is 0.823. The molecule has 21 heavy (non-hydrogen) atoms. The fraction of sp³-hybridized carbons (Fsp3) is 0.294. The summed E-state index contributed by atoms with van der Waals surface area (Å²) in [6.45, 7) is 3.71. The number of halogens is 1. The number of rotatable bonds is 7. The van der Waals surface area contributed by atoms with Crippen molar-refractivity contribution in [2.75, 3.05) is 13.2 Å². The Kier molecular flexibility index (Phi) is 6.08. The maximum absolute atomic E-state index is 5.89. The van der Waals surface area contributed by atoms with Crippen LogP contribution in [-0.2, 0) is 13.0 Å². The van der Waals surface area contributed by atoms with Crippen LogP contribution in [0.2, 0.25) is 0 Å². The van der Waals surface area contributed by atoms with Crippen LogP contribution < -0.4 is 15.2 Å². The van der Waals surface area contributed by atoms with Crippen molar-refractivity contribution in [1.29, 1.82) is 0 Å². The van der Waals surface area contributed by atoms with Crippen LogP contribution in [0, 0.1) is 0 Å². The Balaban J connectivity index is 2.11. The minimum absolute atomic E-state index is 0.510. The van der Waals surface area contributed by atoms with Crippen molar-refractivity contribution in [2.24, 2.45) is 5.73 Å². The van der Waals surface area contributed by atoms with Crippen LogP contribution in [0.1, 0.15) is 18.1 Å². The topological polar surface area (TPSA) is 44.5 Å². The summed E-state index contributed by atoms with van der Waals surface area (Å²) in [6.07, 6.45) is 0.839. The molecule has 0 aliphatic heterocycles. The van der Waals surface area contributed by atoms with E-state index in [1.165, 1.54) is 0 Å². The van der Waals surface area contributed by atoms with E-state index in [4.69, 9.17) is 15.2 Å². The van der Waals surface area contributed by atoms with Gasteiger partial charge in [-0.2, -0.15) is 0 Å². The molecule has 2 aromatic carbocycles. The molecule has 2 aromatic rings. The van der Waals surface area contributed by atoms with Crippen molar-refractivity contribution >= 4 is 15.9 Å². The Bertz CT molecular complexity index is 587. The molecule has 0 bridgehead atoms. The lowest BCUT2D eigenvalue weighted by Gasteiger charge is -2.13. The Morgan fingerprint density at radius 3 is 2.57 bits per heavy atom. The summed E-state index contributed by atoms with van der Waals surface area (Å²) in [5.41, 5.74) is 7.87. The lowest BCUT2D eigenvalue weighted by atomic mass is 10.1. The second-order valence-electron chi connectivity index (χ2n) is 4.67. The number of hydrogen-bond acceptors (Lipinski definition) is 3. The van der Waals surface area contributed by atoms with E-state index in [0.29, 0.717) is 19.8 Å². The van der Waals surface area contributed by atoms with Crippen molar-refractivity contribution in [3.63, 3.8) is 0 Å². The molecule has 112 valence electrons. The van der Waals surface area contributed by atoms with Crippen LogP contribution in [0.3, 0.4) is 0 Å². The fourth-order valence-corrected chi connectivity index (χ4v) is 2.50. The minimum atomic E-state index is 0.510. The maximum Gasteiger partial charge on any atom is 0.161 e. The van der Waals surface area contributed by atoms with Crippen LogP contribution >= 0.6 is 15.9 Å². The SMILES string of the molecule is CCOc1cc(CCN)ccc1OCc1cccc(Br)c1. The number of benzene rings is 2. The molecule has 0 radical (unpaired) electrons. The summed E-state index contributed by atoms with van der Waals surface area (Å²) in [6, 6.07) is 14.1. The van der Waals surface area contributed by atoms with E-state index in [9.17, 15) is 0 Å². The Hall–Kier alpha value is -1.52. The van der Waals surface area contributed by atoms with Crippen molar-refractivity contribution in [2.45, 2.75) is 20.0 Å². The van der Waals surface area contributed by atoms with Gasteiger partial charge in [0, 0.05) is 4.47 Å². The molecule has 4 heteroatoms. The smallest absolute Gasteiger partial charge is 0.161 e. The number of ether oxygens (including phenoxy) is 2. The highest BCUT2D eigenvalue weighted by atomic mass is 79.9. The molecule has 0 heterocycles. The molecule has 3 nitrogen and oxygen atoms in total. The molecule has 0 aliphatic carbocycles. The van der Waals surface area contributed by atoms with Crippen LogP contribution in [-0.4, -0.2) is 13.2 Å². The number of nitrogens with two attached hydrogens (primary N) is 1. The molecule has 0 unspecified atom stereocenters. The lowest BCUT2D eigenvalue weighted by molar-refractivity contribution is 0.269. The average Bonchev–Trinajstić information content (AvgIpc) is 2.47. The van der Waals surface area contributed by atoms with E-state index in [-0.39, 0.29) is 0 Å². The number of hydrogen-bond donors (Lipinski definition) is 1. The summed E-state index contributed by atoms with van der Waals surface area (Å²) >= 11 is 3.46. The molecule has 0 aliphatic rings. The molecular formula is C17H20BrNO2. The third-order valence-electron chi connectivity index (χ3n) is 3.02. The first-order valence-electron chi connectivity index (χ1n) is 7.06. The zero-order valence-corrected chi connectivity index (χ0v) is 13.7. The van der Waals surface area contributed by atoms with E-state index < -0.39 is 0 Å². The first-order valence-corrected chi connectivity index (χ1v) is 7.85. The van der Waals surface area contributed by atoms with E-state index in [1.807, 2.05) is 49.4 Å². The summed E-state index contributed by atoms with van der Waals surface area (Å²) in [4.78, 5) is 0. The van der Waals surface area contributed by atoms with Crippen molar-refractivity contribution in [3.8, 4) is 11.5 Å². The van der Waals surface area contributed by atoms with Crippen LogP contribution in [0.25, 0.3) is 0 Å². The van der Waals surface area contributed by atoms with Gasteiger partial charge < -0.3 is 15.2 Å². The van der Waals surface area contributed by atoms with Crippen LogP contribution in [0.15, 0.2) is 46.9 Å². The second kappa shape index (κ2) is 8.05. The summed E-state index contributed by atoms with van der Waals surface area (Å²) in [5.74, 6) is 1.54. The van der Waals surface area contributed by atoms with Gasteiger partial charge in [0.1, 0.15) is 6.61 Å². The molecule has 0 fully saturated rings. The Morgan fingerprint density at radius 1 is 1.00 bits per heavy atom. The standard InChI is InChI=1S/C17H20BrNO2/c1-2-20-17-11-13(8-9-19)6-7-16(17)21-12-14-4-3-5-15(18)10-14/h3-7,10-11H,2,8-9,12,19H2,1H3. The molecular weight excluding hydrogens is 330 g/mol. The van der Waals surface area contributed by atoms with Gasteiger partial charge in [-0.3, -0.25) is 0 Å². The van der Waals surface area contributed by atoms with Crippen LogP contribution in [0.4, 0.5) is 0 Å². The van der Waals surface area contributed by atoms with Gasteiger partial charge >= 0.3 is 0 Å². The largest absolute Gasteiger partial charge is 0.490 e. The highest BCUT2D eigenvalue weighted by Crippen LogP contribution is 2.29. The van der Waals surface area contributed by atoms with Gasteiger partial charge in [0.05, 0.1) is 6.61 Å². The Labute approximate surface area is 134 Å². The molecule has 0 saturated carbocycles. The third kappa shape index (κ3) is 4.76. The predicted octanol–water partition coefficient (Wildman–Crippen LogP) is 3.93. The van der Waals surface area contributed by atoms with Gasteiger partial charge in [0.15, 0.2) is 11.5 Å². The molecule has 0 saturated heterocycles. The zero-order chi connectivity index (χ0) is 15.1. The van der Waals surface area contributed by atoms with Crippen molar-refractivity contribution < 1.29 is 9.47 Å². The van der Waals surface area contributed by atoms with Crippen LogP contribution in [0.5, 0.6) is 11.5 Å². The summed E-state index contributed by atoms with van der Waals surface area (Å²) < 4.78 is 12.6. The third-order valence-corrected chi connectivity index (χ3v) is 3.52. The summed E-state index contributed by atoms with van der Waals surface area (Å²) in [5, 5.41) is 0. The second-order valence-corrected chi connectivity index (χ2v) is 5.59. The molecule has 0 spiro atoms. The molecule has 0 aromatic heterocycles. The first kappa shape index (κ1) is 15.9. The highest BCUT2D eigenvalue weighted by molar-refractivity contribution is 9.10. The summed E-state index contributed by atoms with van der Waals surface area (Å²) in [7, 11) is 0. The van der Waals surface area contributed by atoms with E-state index in [1.54, 1.807) is 0 Å². The zero-order valence-electron chi connectivity index (χ0n) is 12.1. The predicted molar refractivity (Wildman–Crippen MR) is 88.8 cm³/mol. The van der Waals surface area contributed by atoms with Gasteiger partial charge in [0.2, 0.25) is 0 Å². The first-order chi connectivity index (χ1) is 10.2. The molecule has 2 N–H and O–H groups in total. The van der Waals surface area contributed by atoms with E-state index >= 15 is 0 Å². The van der Waals surface area contributed by atoms with Crippen molar-refractivity contribution in [1.82, 2.24) is 0 Å². The highest BCUT2D eigenvalue weighted by Gasteiger charge is 2.07. The van der Waals surface area contributed by atoms with E-state index in [0.717, 1.165) is 33.5 Å². The van der Waals surface area contributed by atoms with E-state index in [2.05, 4.69) is 15.9 Å². The van der Waals surface area contributed by atoms with Gasteiger partial charge in [-0.15, -0.1) is 0 Å². The molecule has 0 amide bonds. The fourth-order valence-electron chi connectivity index (χ4n) is 2.05. The van der Waals surface area contributed by atoms with Gasteiger partial charge in [0.25, 0.3) is 0 Å². The average molecular weight is 350 g/mol. The molecule has 2 rings (SSSR count). The maximum atomic E-state index is 5.89. The van der Waals surface area contributed by atoms with Gasteiger partial charge in [-0.1, -0.05) is 34.1 Å². The lowest BCUT2D eigenvalue weighted by Crippen LogP contribution is -2.04. The van der Waals surface area contributed by atoms with Gasteiger partial charge in [-0.25, -0.2) is 0 Å². The Morgan fingerprint density at radius 2 is 1.86 bits per heavy atom. The van der Waals surface area contributed by atoms with Crippen molar-refractivity contribution in [3.05, 3.63) is 58.1 Å². The monoisotopic (exact) mass is 349 g/mol. The normalized spacial score (nSPS) is 10.4. The molecule has 0 atom stereocenters. The van der Waals surface area contributed by atoms with Gasteiger partial charge in [-0.05, 0) is 55.3 Å².